The van der Waals surface area contributed by atoms with E-state index in [4.69, 9.17) is 20.4 Å². The Morgan fingerprint density at radius 1 is 1.29 bits per heavy atom. The number of hydrogen-bond donors (Lipinski definition) is 1. The number of ether oxygens (including phenoxy) is 1. The highest BCUT2D eigenvalue weighted by Gasteiger charge is 2.39. The molecule has 1 heterocycles. The van der Waals surface area contributed by atoms with Crippen LogP contribution >= 0.6 is 0 Å². The van der Waals surface area contributed by atoms with Crippen molar-refractivity contribution in [1.29, 1.82) is 0 Å². The van der Waals surface area contributed by atoms with Crippen LogP contribution < -0.4 is 5.73 Å². The maximum atomic E-state index is 5.92. The van der Waals surface area contributed by atoms with Gasteiger partial charge in [-0.15, -0.1) is 0 Å². The molecule has 21 heavy (non-hydrogen) atoms. The summed E-state index contributed by atoms with van der Waals surface area (Å²) in [6.07, 6.45) is 6.45. The largest absolute Gasteiger partial charge is 0.370 e. The monoisotopic (exact) mass is 291 g/mol. The molecule has 2 atom stereocenters. The third-order valence-electron chi connectivity index (χ3n) is 4.81. The van der Waals surface area contributed by atoms with E-state index >= 15 is 0 Å². The Balaban J connectivity index is 2.34. The molecule has 1 aromatic rings. The van der Waals surface area contributed by atoms with Crippen LogP contribution in [0.15, 0.2) is 0 Å². The minimum atomic E-state index is -0.292. The van der Waals surface area contributed by atoms with E-state index in [0.717, 1.165) is 42.9 Å². The van der Waals surface area contributed by atoms with Gasteiger partial charge < -0.3 is 10.5 Å². The molecule has 1 aliphatic carbocycles. The minimum absolute atomic E-state index is 0.292. The fourth-order valence-corrected chi connectivity index (χ4v) is 3.57. The summed E-state index contributed by atoms with van der Waals surface area (Å²) in [5.74, 6) is 1.54. The van der Waals surface area contributed by atoms with E-state index in [0.29, 0.717) is 12.5 Å². The van der Waals surface area contributed by atoms with E-state index in [-0.39, 0.29) is 5.60 Å². The normalized spacial score (nSPS) is 26.0. The highest BCUT2D eigenvalue weighted by atomic mass is 16.5. The van der Waals surface area contributed by atoms with Gasteiger partial charge in [-0.25, -0.2) is 9.97 Å². The van der Waals surface area contributed by atoms with Gasteiger partial charge in [-0.2, -0.15) is 0 Å². The number of hydrogen-bond acceptors (Lipinski definition) is 4. The Labute approximate surface area is 128 Å². The van der Waals surface area contributed by atoms with Crippen molar-refractivity contribution in [2.45, 2.75) is 64.9 Å². The summed E-state index contributed by atoms with van der Waals surface area (Å²) in [6.45, 7) is 7.17. The minimum Gasteiger partial charge on any atom is -0.370 e. The zero-order valence-corrected chi connectivity index (χ0v) is 13.9. The van der Waals surface area contributed by atoms with Gasteiger partial charge in [0.1, 0.15) is 5.60 Å². The molecule has 4 nitrogen and oxygen atoms in total. The Bertz CT molecular complexity index is 466. The van der Waals surface area contributed by atoms with E-state index in [1.165, 1.54) is 18.4 Å². The van der Waals surface area contributed by atoms with Crippen molar-refractivity contribution in [3.63, 3.8) is 0 Å². The first-order chi connectivity index (χ1) is 10.0. The van der Waals surface area contributed by atoms with Crippen molar-refractivity contribution in [3.8, 4) is 0 Å². The van der Waals surface area contributed by atoms with Crippen LogP contribution in [0, 0.1) is 19.8 Å². The maximum Gasteiger partial charge on any atom is 0.160 e. The lowest BCUT2D eigenvalue weighted by molar-refractivity contribution is -0.0648. The third kappa shape index (κ3) is 3.43. The molecule has 0 bridgehead atoms. The van der Waals surface area contributed by atoms with Gasteiger partial charge in [-0.1, -0.05) is 13.3 Å². The fourth-order valence-electron chi connectivity index (χ4n) is 3.57. The number of rotatable bonds is 5. The average molecular weight is 291 g/mol. The molecule has 1 aliphatic rings. The standard InChI is InChI=1S/C17H29N3O/c1-12-7-5-9-17(11-12,21-4)16-19-13(2)15(8-6-10-18)14(3)20-16/h12H,5-11,18H2,1-4H3. The predicted octanol–water partition coefficient (Wildman–Crippen LogP) is 3.04. The molecular weight excluding hydrogens is 262 g/mol. The quantitative estimate of drug-likeness (QED) is 0.906. The van der Waals surface area contributed by atoms with Gasteiger partial charge in [0.05, 0.1) is 0 Å². The zero-order chi connectivity index (χ0) is 15.5. The molecule has 2 rings (SSSR count). The summed E-state index contributed by atoms with van der Waals surface area (Å²) >= 11 is 0. The van der Waals surface area contributed by atoms with E-state index in [1.807, 2.05) is 0 Å². The van der Waals surface area contributed by atoms with Crippen LogP contribution in [0.5, 0.6) is 0 Å². The molecule has 2 N–H and O–H groups in total. The van der Waals surface area contributed by atoms with Crippen LogP contribution in [0.4, 0.5) is 0 Å². The van der Waals surface area contributed by atoms with Crippen molar-refractivity contribution >= 4 is 0 Å². The molecule has 0 aromatic carbocycles. The second-order valence-electron chi connectivity index (χ2n) is 6.49. The molecule has 0 amide bonds. The predicted molar refractivity (Wildman–Crippen MR) is 85.2 cm³/mol. The summed E-state index contributed by atoms with van der Waals surface area (Å²) in [7, 11) is 1.80. The van der Waals surface area contributed by atoms with Crippen molar-refractivity contribution in [1.82, 2.24) is 9.97 Å². The number of nitrogens with zero attached hydrogens (tertiary/aromatic N) is 2. The van der Waals surface area contributed by atoms with E-state index < -0.39 is 0 Å². The van der Waals surface area contributed by atoms with Crippen molar-refractivity contribution < 1.29 is 4.74 Å². The van der Waals surface area contributed by atoms with Crippen LogP contribution in [0.2, 0.25) is 0 Å². The molecule has 2 unspecified atom stereocenters. The van der Waals surface area contributed by atoms with E-state index in [2.05, 4.69) is 20.8 Å². The second-order valence-corrected chi connectivity index (χ2v) is 6.49. The van der Waals surface area contributed by atoms with Crippen molar-refractivity contribution in [3.05, 3.63) is 22.8 Å². The Morgan fingerprint density at radius 3 is 2.48 bits per heavy atom. The number of aryl methyl sites for hydroxylation is 2. The van der Waals surface area contributed by atoms with Gasteiger partial charge in [0.15, 0.2) is 5.82 Å². The third-order valence-corrected chi connectivity index (χ3v) is 4.81. The Morgan fingerprint density at radius 2 is 1.95 bits per heavy atom. The SMILES string of the molecule is COC1(c2nc(C)c(CCCN)c(C)n2)CCCC(C)C1. The van der Waals surface area contributed by atoms with Crippen molar-refractivity contribution in [2.24, 2.45) is 11.7 Å². The summed E-state index contributed by atoms with van der Waals surface area (Å²) in [4.78, 5) is 9.62. The number of nitrogens with two attached hydrogens (primary N) is 1. The summed E-state index contributed by atoms with van der Waals surface area (Å²) in [5, 5.41) is 0. The van der Waals surface area contributed by atoms with Crippen LogP contribution in [0.25, 0.3) is 0 Å². The highest BCUT2D eigenvalue weighted by Crippen LogP contribution is 2.41. The molecule has 1 fully saturated rings. The summed E-state index contributed by atoms with van der Waals surface area (Å²) in [6, 6.07) is 0. The Kier molecular flexibility index (Phi) is 5.33. The zero-order valence-electron chi connectivity index (χ0n) is 13.9. The van der Waals surface area contributed by atoms with E-state index in [9.17, 15) is 0 Å². The van der Waals surface area contributed by atoms with Gasteiger partial charge in [0, 0.05) is 18.5 Å². The van der Waals surface area contributed by atoms with Crippen molar-refractivity contribution in [2.75, 3.05) is 13.7 Å². The lowest BCUT2D eigenvalue weighted by atomic mass is 9.78. The van der Waals surface area contributed by atoms with Crippen LogP contribution in [0.1, 0.15) is 61.8 Å². The molecule has 0 spiro atoms. The Hall–Kier alpha value is -1.00. The molecule has 0 aliphatic heterocycles. The fraction of sp³-hybridized carbons (Fsp3) is 0.765. The average Bonchev–Trinajstić information content (AvgIpc) is 2.46. The number of aromatic nitrogens is 2. The summed E-state index contributed by atoms with van der Waals surface area (Å²) in [5.41, 5.74) is 8.75. The van der Waals surface area contributed by atoms with Gasteiger partial charge >= 0.3 is 0 Å². The topological polar surface area (TPSA) is 61.0 Å². The van der Waals surface area contributed by atoms with Gasteiger partial charge in [0.25, 0.3) is 0 Å². The maximum absolute atomic E-state index is 5.92. The highest BCUT2D eigenvalue weighted by molar-refractivity contribution is 5.26. The first-order valence-electron chi connectivity index (χ1n) is 8.12. The van der Waals surface area contributed by atoms with Gasteiger partial charge in [-0.05, 0) is 64.0 Å². The molecule has 0 radical (unpaired) electrons. The molecule has 118 valence electrons. The first-order valence-corrected chi connectivity index (χ1v) is 8.12. The molecule has 1 saturated carbocycles. The lowest BCUT2D eigenvalue weighted by Gasteiger charge is -2.38. The molecular formula is C17H29N3O. The van der Waals surface area contributed by atoms with Crippen LogP contribution in [-0.4, -0.2) is 23.6 Å². The van der Waals surface area contributed by atoms with Gasteiger partial charge in [-0.3, -0.25) is 0 Å². The molecule has 4 heteroatoms. The first kappa shape index (κ1) is 16.4. The van der Waals surface area contributed by atoms with E-state index in [1.54, 1.807) is 7.11 Å². The lowest BCUT2D eigenvalue weighted by Crippen LogP contribution is -2.36. The number of methoxy groups -OCH3 is 1. The second kappa shape index (κ2) is 6.84. The molecule has 1 aromatic heterocycles. The van der Waals surface area contributed by atoms with Crippen LogP contribution in [-0.2, 0) is 16.8 Å². The molecule has 0 saturated heterocycles. The van der Waals surface area contributed by atoms with Crippen LogP contribution in [0.3, 0.4) is 0 Å². The summed E-state index contributed by atoms with van der Waals surface area (Å²) < 4.78 is 5.92. The smallest absolute Gasteiger partial charge is 0.160 e. The van der Waals surface area contributed by atoms with Gasteiger partial charge in [0.2, 0.25) is 0 Å².